The average Bonchev–Trinajstić information content (AvgIpc) is 2.68. The fraction of sp³-hybridized carbons (Fsp3) is 0.615. The Balaban J connectivity index is 1.86. The van der Waals surface area contributed by atoms with Crippen LogP contribution in [0.1, 0.15) is 18.9 Å². The Labute approximate surface area is 97.7 Å². The molecule has 0 saturated carbocycles. The summed E-state index contributed by atoms with van der Waals surface area (Å²) >= 11 is 0. The number of rotatable bonds is 4. The highest BCUT2D eigenvalue weighted by Crippen LogP contribution is 2.22. The van der Waals surface area contributed by atoms with Gasteiger partial charge in [-0.2, -0.15) is 0 Å². The van der Waals surface area contributed by atoms with E-state index in [1.165, 1.54) is 18.5 Å². The molecular weight excluding hydrogens is 198 g/mol. The standard InChI is InChI=1S/C13H21N3/c1-11-4-7-16(13(11)9-14)8-5-12-3-2-6-15-10-12/h2-3,6,10-11,13H,4-5,7-9,14H2,1H3. The quantitative estimate of drug-likeness (QED) is 0.830. The van der Waals surface area contributed by atoms with E-state index < -0.39 is 0 Å². The van der Waals surface area contributed by atoms with Crippen molar-refractivity contribution in [3.8, 4) is 0 Å². The van der Waals surface area contributed by atoms with E-state index in [0.29, 0.717) is 6.04 Å². The highest BCUT2D eigenvalue weighted by atomic mass is 15.2. The predicted octanol–water partition coefficient (Wildman–Crippen LogP) is 1.29. The van der Waals surface area contributed by atoms with Gasteiger partial charge in [-0.15, -0.1) is 0 Å². The molecule has 2 unspecified atom stereocenters. The molecule has 1 aliphatic rings. The van der Waals surface area contributed by atoms with Gasteiger partial charge in [0.15, 0.2) is 0 Å². The molecule has 0 radical (unpaired) electrons. The molecular formula is C13H21N3. The number of pyridine rings is 1. The van der Waals surface area contributed by atoms with Gasteiger partial charge in [-0.05, 0) is 36.9 Å². The van der Waals surface area contributed by atoms with Crippen molar-refractivity contribution in [1.82, 2.24) is 9.88 Å². The first-order valence-electron chi connectivity index (χ1n) is 6.14. The molecule has 2 heterocycles. The lowest BCUT2D eigenvalue weighted by Gasteiger charge is -2.25. The molecule has 3 nitrogen and oxygen atoms in total. The van der Waals surface area contributed by atoms with Gasteiger partial charge in [-0.1, -0.05) is 13.0 Å². The van der Waals surface area contributed by atoms with Crippen LogP contribution in [0.4, 0.5) is 0 Å². The second-order valence-corrected chi connectivity index (χ2v) is 4.72. The van der Waals surface area contributed by atoms with Crippen LogP contribution in [-0.2, 0) is 6.42 Å². The van der Waals surface area contributed by atoms with E-state index in [-0.39, 0.29) is 0 Å². The summed E-state index contributed by atoms with van der Waals surface area (Å²) in [5.41, 5.74) is 7.15. The molecule has 0 aromatic carbocycles. The van der Waals surface area contributed by atoms with E-state index in [1.54, 1.807) is 0 Å². The maximum atomic E-state index is 5.83. The van der Waals surface area contributed by atoms with E-state index in [0.717, 1.165) is 25.4 Å². The van der Waals surface area contributed by atoms with Gasteiger partial charge in [0.1, 0.15) is 0 Å². The van der Waals surface area contributed by atoms with Crippen LogP contribution in [0.15, 0.2) is 24.5 Å². The van der Waals surface area contributed by atoms with Crippen LogP contribution < -0.4 is 5.73 Å². The molecule has 1 fully saturated rings. The van der Waals surface area contributed by atoms with Gasteiger partial charge in [-0.25, -0.2) is 0 Å². The number of hydrogen-bond acceptors (Lipinski definition) is 3. The third kappa shape index (κ3) is 2.60. The maximum Gasteiger partial charge on any atom is 0.0300 e. The van der Waals surface area contributed by atoms with Crippen LogP contribution in [0.2, 0.25) is 0 Å². The zero-order valence-corrected chi connectivity index (χ0v) is 9.97. The zero-order valence-electron chi connectivity index (χ0n) is 9.97. The Hall–Kier alpha value is -0.930. The van der Waals surface area contributed by atoms with Gasteiger partial charge in [0, 0.05) is 31.5 Å². The highest BCUT2D eigenvalue weighted by Gasteiger charge is 2.29. The Morgan fingerprint density at radius 2 is 2.44 bits per heavy atom. The summed E-state index contributed by atoms with van der Waals surface area (Å²) in [5.74, 6) is 0.749. The molecule has 0 amide bonds. The normalized spacial score (nSPS) is 26.1. The van der Waals surface area contributed by atoms with Gasteiger partial charge in [0.05, 0.1) is 0 Å². The molecule has 1 aromatic rings. The summed E-state index contributed by atoms with van der Waals surface area (Å²) < 4.78 is 0. The van der Waals surface area contributed by atoms with Crippen molar-refractivity contribution < 1.29 is 0 Å². The molecule has 0 aliphatic carbocycles. The average molecular weight is 219 g/mol. The minimum absolute atomic E-state index is 0.580. The van der Waals surface area contributed by atoms with Crippen molar-refractivity contribution in [2.75, 3.05) is 19.6 Å². The molecule has 3 heteroatoms. The summed E-state index contributed by atoms with van der Waals surface area (Å²) in [7, 11) is 0. The van der Waals surface area contributed by atoms with Gasteiger partial charge < -0.3 is 5.73 Å². The Morgan fingerprint density at radius 1 is 1.56 bits per heavy atom. The third-order valence-electron chi connectivity index (χ3n) is 3.65. The highest BCUT2D eigenvalue weighted by molar-refractivity contribution is 5.09. The molecule has 1 saturated heterocycles. The lowest BCUT2D eigenvalue weighted by molar-refractivity contribution is 0.239. The van der Waals surface area contributed by atoms with Crippen molar-refractivity contribution in [3.05, 3.63) is 30.1 Å². The lowest BCUT2D eigenvalue weighted by atomic mass is 10.0. The van der Waals surface area contributed by atoms with Crippen molar-refractivity contribution >= 4 is 0 Å². The lowest BCUT2D eigenvalue weighted by Crippen LogP contribution is -2.39. The fourth-order valence-corrected chi connectivity index (χ4v) is 2.57. The molecule has 2 rings (SSSR count). The van der Waals surface area contributed by atoms with E-state index >= 15 is 0 Å². The monoisotopic (exact) mass is 219 g/mol. The summed E-state index contributed by atoms with van der Waals surface area (Å²) in [4.78, 5) is 6.67. The largest absolute Gasteiger partial charge is 0.329 e. The molecule has 0 bridgehead atoms. The number of aromatic nitrogens is 1. The van der Waals surface area contributed by atoms with Crippen LogP contribution in [-0.4, -0.2) is 35.6 Å². The van der Waals surface area contributed by atoms with Crippen LogP contribution in [0.5, 0.6) is 0 Å². The first-order valence-corrected chi connectivity index (χ1v) is 6.14. The third-order valence-corrected chi connectivity index (χ3v) is 3.65. The molecule has 2 N–H and O–H groups in total. The van der Waals surface area contributed by atoms with Crippen molar-refractivity contribution in [3.63, 3.8) is 0 Å². The van der Waals surface area contributed by atoms with Crippen molar-refractivity contribution in [2.24, 2.45) is 11.7 Å². The summed E-state index contributed by atoms with van der Waals surface area (Å²) in [6.45, 7) is 5.40. The second kappa shape index (κ2) is 5.41. The first-order chi connectivity index (χ1) is 7.81. The topological polar surface area (TPSA) is 42.2 Å². The molecule has 2 atom stereocenters. The molecule has 16 heavy (non-hydrogen) atoms. The number of nitrogens with two attached hydrogens (primary N) is 1. The van der Waals surface area contributed by atoms with Crippen molar-refractivity contribution in [1.29, 1.82) is 0 Å². The number of hydrogen-bond donors (Lipinski definition) is 1. The molecule has 88 valence electrons. The van der Waals surface area contributed by atoms with E-state index in [2.05, 4.69) is 22.9 Å². The van der Waals surface area contributed by atoms with Gasteiger partial charge >= 0.3 is 0 Å². The Morgan fingerprint density at radius 3 is 3.12 bits per heavy atom. The Bertz CT molecular complexity index is 312. The molecule has 0 spiro atoms. The van der Waals surface area contributed by atoms with Crippen LogP contribution >= 0.6 is 0 Å². The fourth-order valence-electron chi connectivity index (χ4n) is 2.57. The van der Waals surface area contributed by atoms with Crippen LogP contribution in [0.3, 0.4) is 0 Å². The van der Waals surface area contributed by atoms with E-state index in [9.17, 15) is 0 Å². The smallest absolute Gasteiger partial charge is 0.0300 e. The predicted molar refractivity (Wildman–Crippen MR) is 66.1 cm³/mol. The first kappa shape index (κ1) is 11.6. The van der Waals surface area contributed by atoms with Crippen LogP contribution in [0, 0.1) is 5.92 Å². The zero-order chi connectivity index (χ0) is 11.4. The SMILES string of the molecule is CC1CCN(CCc2cccnc2)C1CN. The molecule has 1 aromatic heterocycles. The minimum Gasteiger partial charge on any atom is -0.329 e. The summed E-state index contributed by atoms with van der Waals surface area (Å²) in [6, 6.07) is 4.73. The number of likely N-dealkylation sites (tertiary alicyclic amines) is 1. The molecule has 1 aliphatic heterocycles. The number of nitrogens with zero attached hydrogens (tertiary/aromatic N) is 2. The maximum absolute atomic E-state index is 5.83. The van der Waals surface area contributed by atoms with Gasteiger partial charge in [0.2, 0.25) is 0 Å². The minimum atomic E-state index is 0.580. The summed E-state index contributed by atoms with van der Waals surface area (Å²) in [6.07, 6.45) is 6.15. The van der Waals surface area contributed by atoms with E-state index in [4.69, 9.17) is 5.73 Å². The Kier molecular flexibility index (Phi) is 3.91. The van der Waals surface area contributed by atoms with E-state index in [1.807, 2.05) is 18.5 Å². The van der Waals surface area contributed by atoms with Gasteiger partial charge in [0.25, 0.3) is 0 Å². The van der Waals surface area contributed by atoms with Gasteiger partial charge in [-0.3, -0.25) is 9.88 Å². The van der Waals surface area contributed by atoms with Crippen molar-refractivity contribution in [2.45, 2.75) is 25.8 Å². The van der Waals surface area contributed by atoms with Crippen LogP contribution in [0.25, 0.3) is 0 Å². The second-order valence-electron chi connectivity index (χ2n) is 4.72. The summed E-state index contributed by atoms with van der Waals surface area (Å²) in [5, 5.41) is 0.